The number of benzene rings is 1. The van der Waals surface area contributed by atoms with E-state index in [4.69, 9.17) is 9.05 Å². The summed E-state index contributed by atoms with van der Waals surface area (Å²) in [6, 6.07) is 5.07. The van der Waals surface area contributed by atoms with Gasteiger partial charge in [0.15, 0.2) is 5.85 Å². The summed E-state index contributed by atoms with van der Waals surface area (Å²) in [5.41, 5.74) is 0.302. The van der Waals surface area contributed by atoms with Gasteiger partial charge in [0.1, 0.15) is 5.82 Å². The van der Waals surface area contributed by atoms with Crippen molar-refractivity contribution in [3.63, 3.8) is 0 Å². The first kappa shape index (κ1) is 14.3. The van der Waals surface area contributed by atoms with Crippen LogP contribution in [0.4, 0.5) is 4.39 Å². The molecule has 0 heterocycles. The maximum absolute atomic E-state index is 12.7. The molecule has 1 aromatic rings. The van der Waals surface area contributed by atoms with Gasteiger partial charge in [-0.1, -0.05) is 12.1 Å². The SMILES string of the molecule is CCOP(=O)(OCC)C(O)c1ccc(F)cc1. The number of rotatable bonds is 6. The van der Waals surface area contributed by atoms with E-state index in [9.17, 15) is 14.1 Å². The van der Waals surface area contributed by atoms with Gasteiger partial charge in [-0.3, -0.25) is 4.57 Å². The molecule has 0 aromatic heterocycles. The lowest BCUT2D eigenvalue weighted by molar-refractivity contribution is 0.150. The molecule has 0 radical (unpaired) electrons. The molecule has 0 fully saturated rings. The third-order valence-electron chi connectivity index (χ3n) is 2.09. The molecule has 96 valence electrons. The zero-order chi connectivity index (χ0) is 12.9. The van der Waals surface area contributed by atoms with Crippen molar-refractivity contribution < 1.29 is 23.1 Å². The molecule has 1 unspecified atom stereocenters. The van der Waals surface area contributed by atoms with Crippen LogP contribution in [-0.4, -0.2) is 18.3 Å². The third kappa shape index (κ3) is 3.61. The Morgan fingerprint density at radius 2 is 1.71 bits per heavy atom. The van der Waals surface area contributed by atoms with Gasteiger partial charge in [-0.05, 0) is 31.5 Å². The zero-order valence-corrected chi connectivity index (χ0v) is 10.7. The highest BCUT2D eigenvalue weighted by molar-refractivity contribution is 7.54. The Hall–Kier alpha value is -0.740. The van der Waals surface area contributed by atoms with Crippen molar-refractivity contribution in [3.8, 4) is 0 Å². The fourth-order valence-electron chi connectivity index (χ4n) is 1.36. The van der Waals surface area contributed by atoms with E-state index >= 15 is 0 Å². The number of aliphatic hydroxyl groups is 1. The number of hydrogen-bond acceptors (Lipinski definition) is 4. The molecule has 0 spiro atoms. The smallest absolute Gasteiger partial charge is 0.363 e. The Labute approximate surface area is 99.9 Å². The topological polar surface area (TPSA) is 55.8 Å². The van der Waals surface area contributed by atoms with E-state index in [1.807, 2.05) is 0 Å². The van der Waals surface area contributed by atoms with Crippen LogP contribution in [0, 0.1) is 5.82 Å². The predicted molar refractivity (Wildman–Crippen MR) is 62.2 cm³/mol. The summed E-state index contributed by atoms with van der Waals surface area (Å²) in [5, 5.41) is 9.96. The van der Waals surface area contributed by atoms with Crippen molar-refractivity contribution in [3.05, 3.63) is 35.6 Å². The summed E-state index contributed by atoms with van der Waals surface area (Å²) in [7, 11) is -3.61. The molecule has 0 saturated carbocycles. The van der Waals surface area contributed by atoms with E-state index in [1.165, 1.54) is 24.3 Å². The fraction of sp³-hybridized carbons (Fsp3) is 0.455. The standard InChI is InChI=1S/C11H16FO4P/c1-3-15-17(14,16-4-2)11(13)9-5-7-10(12)8-6-9/h5-8,11,13H,3-4H2,1-2H3. The minimum atomic E-state index is -3.61. The highest BCUT2D eigenvalue weighted by Gasteiger charge is 2.35. The van der Waals surface area contributed by atoms with Crippen molar-refractivity contribution in [2.75, 3.05) is 13.2 Å². The van der Waals surface area contributed by atoms with E-state index in [1.54, 1.807) is 13.8 Å². The maximum atomic E-state index is 12.7. The molecule has 0 aliphatic heterocycles. The summed E-state index contributed by atoms with van der Waals surface area (Å²) >= 11 is 0. The highest BCUT2D eigenvalue weighted by Crippen LogP contribution is 2.59. The van der Waals surface area contributed by atoms with Gasteiger partial charge in [0.25, 0.3) is 0 Å². The third-order valence-corrected chi connectivity index (χ3v) is 4.22. The van der Waals surface area contributed by atoms with Gasteiger partial charge < -0.3 is 14.2 Å². The van der Waals surface area contributed by atoms with Gasteiger partial charge in [0.2, 0.25) is 0 Å². The summed E-state index contributed by atoms with van der Waals surface area (Å²) in [6.07, 6.45) is 0. The lowest BCUT2D eigenvalue weighted by Crippen LogP contribution is -2.06. The summed E-state index contributed by atoms with van der Waals surface area (Å²) < 4.78 is 35.0. The van der Waals surface area contributed by atoms with Gasteiger partial charge in [-0.15, -0.1) is 0 Å². The fourth-order valence-corrected chi connectivity index (χ4v) is 2.97. The summed E-state index contributed by atoms with van der Waals surface area (Å²) in [4.78, 5) is 0. The average molecular weight is 262 g/mol. The first-order chi connectivity index (χ1) is 8.03. The minimum Gasteiger partial charge on any atom is -0.376 e. The molecule has 0 bridgehead atoms. The van der Waals surface area contributed by atoms with Gasteiger partial charge in [0, 0.05) is 0 Å². The van der Waals surface area contributed by atoms with Crippen molar-refractivity contribution >= 4 is 7.60 Å². The van der Waals surface area contributed by atoms with Crippen molar-refractivity contribution in [2.24, 2.45) is 0 Å². The zero-order valence-electron chi connectivity index (χ0n) is 9.80. The Morgan fingerprint density at radius 3 is 2.12 bits per heavy atom. The van der Waals surface area contributed by atoms with Crippen LogP contribution in [0.2, 0.25) is 0 Å². The van der Waals surface area contributed by atoms with Crippen LogP contribution < -0.4 is 0 Å². The largest absolute Gasteiger partial charge is 0.376 e. The Morgan fingerprint density at radius 1 is 1.24 bits per heavy atom. The second-order valence-electron chi connectivity index (χ2n) is 3.30. The van der Waals surface area contributed by atoms with E-state index in [-0.39, 0.29) is 13.2 Å². The second-order valence-corrected chi connectivity index (χ2v) is 5.39. The van der Waals surface area contributed by atoms with E-state index < -0.39 is 19.3 Å². The van der Waals surface area contributed by atoms with Gasteiger partial charge in [0.05, 0.1) is 13.2 Å². The van der Waals surface area contributed by atoms with Crippen LogP contribution in [0.25, 0.3) is 0 Å². The molecule has 1 N–H and O–H groups in total. The van der Waals surface area contributed by atoms with Gasteiger partial charge >= 0.3 is 7.60 Å². The number of hydrogen-bond donors (Lipinski definition) is 1. The maximum Gasteiger partial charge on any atom is 0.363 e. The number of halogens is 1. The van der Waals surface area contributed by atoms with Gasteiger partial charge in [-0.25, -0.2) is 4.39 Å². The molecule has 0 aliphatic rings. The summed E-state index contributed by atoms with van der Waals surface area (Å²) in [5.74, 6) is -1.83. The molecule has 1 aromatic carbocycles. The van der Waals surface area contributed by atoms with E-state index in [0.717, 1.165) is 0 Å². The minimum absolute atomic E-state index is 0.162. The Kier molecular flexibility index (Phi) is 5.28. The predicted octanol–water partition coefficient (Wildman–Crippen LogP) is 3.08. The van der Waals surface area contributed by atoms with Crippen LogP contribution in [0.1, 0.15) is 25.3 Å². The molecule has 1 atom stereocenters. The van der Waals surface area contributed by atoms with Crippen LogP contribution in [0.3, 0.4) is 0 Å². The molecule has 1 rings (SSSR count). The molecular weight excluding hydrogens is 246 g/mol. The van der Waals surface area contributed by atoms with Crippen LogP contribution in [0.15, 0.2) is 24.3 Å². The van der Waals surface area contributed by atoms with Crippen molar-refractivity contribution in [1.29, 1.82) is 0 Å². The Balaban J connectivity index is 2.95. The lowest BCUT2D eigenvalue weighted by Gasteiger charge is -2.22. The first-order valence-corrected chi connectivity index (χ1v) is 6.97. The highest BCUT2D eigenvalue weighted by atomic mass is 31.2. The molecule has 6 heteroatoms. The quantitative estimate of drug-likeness (QED) is 0.800. The van der Waals surface area contributed by atoms with Crippen molar-refractivity contribution in [1.82, 2.24) is 0 Å². The van der Waals surface area contributed by atoms with Crippen LogP contribution in [0.5, 0.6) is 0 Å². The molecule has 4 nitrogen and oxygen atoms in total. The van der Waals surface area contributed by atoms with E-state index in [0.29, 0.717) is 5.56 Å². The van der Waals surface area contributed by atoms with E-state index in [2.05, 4.69) is 0 Å². The summed E-state index contributed by atoms with van der Waals surface area (Å²) in [6.45, 7) is 3.64. The molecule has 0 amide bonds. The Bertz CT molecular complexity index is 383. The first-order valence-electron chi connectivity index (χ1n) is 5.35. The molecule has 0 aliphatic carbocycles. The molecule has 0 saturated heterocycles. The van der Waals surface area contributed by atoms with Gasteiger partial charge in [-0.2, -0.15) is 0 Å². The monoisotopic (exact) mass is 262 g/mol. The van der Waals surface area contributed by atoms with Crippen molar-refractivity contribution in [2.45, 2.75) is 19.7 Å². The second kappa shape index (κ2) is 6.26. The molecule has 17 heavy (non-hydrogen) atoms. The van der Waals surface area contributed by atoms with Crippen LogP contribution in [-0.2, 0) is 13.6 Å². The lowest BCUT2D eigenvalue weighted by atomic mass is 10.2. The molecular formula is C11H16FO4P. The van der Waals surface area contributed by atoms with Crippen LogP contribution >= 0.6 is 7.60 Å². The normalized spacial score (nSPS) is 13.6. The average Bonchev–Trinajstić information content (AvgIpc) is 2.30. The number of aliphatic hydroxyl groups excluding tert-OH is 1.